The highest BCUT2D eigenvalue weighted by atomic mass is 32.2. The smallest absolute Gasteiger partial charge is 0.259 e. The summed E-state index contributed by atoms with van der Waals surface area (Å²) in [6, 6.07) is 11.1. The molecule has 3 aliphatic rings. The van der Waals surface area contributed by atoms with Crippen molar-refractivity contribution in [3.63, 3.8) is 0 Å². The number of thioether (sulfide) groups is 1. The molecular formula is C28H33N5O3S2. The molecule has 3 heterocycles. The van der Waals surface area contributed by atoms with Gasteiger partial charge in [0.05, 0.1) is 17.5 Å². The molecule has 3 amide bonds. The van der Waals surface area contributed by atoms with Crippen molar-refractivity contribution in [1.82, 2.24) is 15.5 Å². The quantitative estimate of drug-likeness (QED) is 0.469. The van der Waals surface area contributed by atoms with Crippen LogP contribution in [0.5, 0.6) is 0 Å². The van der Waals surface area contributed by atoms with Crippen molar-refractivity contribution < 1.29 is 14.4 Å². The molecule has 200 valence electrons. The Balaban J connectivity index is 1.28. The van der Waals surface area contributed by atoms with E-state index < -0.39 is 6.04 Å². The van der Waals surface area contributed by atoms with Crippen LogP contribution in [0, 0.1) is 0 Å². The normalized spacial score (nSPS) is 19.8. The number of hydrogen-bond donors (Lipinski definition) is 2. The molecule has 1 aliphatic carbocycles. The van der Waals surface area contributed by atoms with Gasteiger partial charge in [-0.05, 0) is 49.3 Å². The average molecular weight is 552 g/mol. The highest BCUT2D eigenvalue weighted by molar-refractivity contribution is 8.15. The summed E-state index contributed by atoms with van der Waals surface area (Å²) in [4.78, 5) is 51.4. The zero-order valence-electron chi connectivity index (χ0n) is 21.5. The van der Waals surface area contributed by atoms with Gasteiger partial charge in [0.25, 0.3) is 5.91 Å². The molecule has 10 heteroatoms. The molecule has 0 bridgehead atoms. The van der Waals surface area contributed by atoms with Crippen molar-refractivity contribution in [3.05, 3.63) is 52.2 Å². The van der Waals surface area contributed by atoms with Crippen molar-refractivity contribution in [2.24, 2.45) is 9.98 Å². The first-order valence-corrected chi connectivity index (χ1v) is 15.2. The van der Waals surface area contributed by atoms with Crippen molar-refractivity contribution in [2.45, 2.75) is 82.2 Å². The van der Waals surface area contributed by atoms with E-state index >= 15 is 0 Å². The van der Waals surface area contributed by atoms with Gasteiger partial charge in [0, 0.05) is 22.9 Å². The molecule has 2 unspecified atom stereocenters. The van der Waals surface area contributed by atoms with Gasteiger partial charge in [-0.25, -0.2) is 9.89 Å². The summed E-state index contributed by atoms with van der Waals surface area (Å²) in [5.74, 6) is 0.240. The van der Waals surface area contributed by atoms with E-state index in [1.807, 2.05) is 48.7 Å². The lowest BCUT2D eigenvalue weighted by atomic mass is 9.95. The summed E-state index contributed by atoms with van der Waals surface area (Å²) in [7, 11) is 0. The molecule has 8 nitrogen and oxygen atoms in total. The predicted octanol–water partition coefficient (Wildman–Crippen LogP) is 4.76. The Morgan fingerprint density at radius 1 is 1.16 bits per heavy atom. The van der Waals surface area contributed by atoms with Crippen LogP contribution in [0.4, 0.5) is 5.69 Å². The first kappa shape index (κ1) is 26.6. The van der Waals surface area contributed by atoms with E-state index in [9.17, 15) is 14.4 Å². The highest BCUT2D eigenvalue weighted by Gasteiger charge is 2.42. The minimum Gasteiger partial charge on any atom is -0.352 e. The van der Waals surface area contributed by atoms with Crippen molar-refractivity contribution in [2.75, 3.05) is 0 Å². The lowest BCUT2D eigenvalue weighted by Crippen LogP contribution is -2.45. The Labute approximate surface area is 231 Å². The van der Waals surface area contributed by atoms with E-state index in [2.05, 4.69) is 10.6 Å². The van der Waals surface area contributed by atoms with Crippen LogP contribution in [0.15, 0.2) is 51.8 Å². The van der Waals surface area contributed by atoms with Gasteiger partial charge in [-0.15, -0.1) is 11.3 Å². The molecule has 1 fully saturated rings. The maximum atomic E-state index is 13.6. The first-order chi connectivity index (χ1) is 18.5. The largest absolute Gasteiger partial charge is 0.352 e. The molecule has 2 N–H and O–H groups in total. The van der Waals surface area contributed by atoms with Crippen molar-refractivity contribution in [1.29, 1.82) is 0 Å². The standard InChI is InChI=1S/C28H33N5O3S2/c1-2-23(26(35)30-18-9-4-3-5-10-18)38-28-32-21-13-7-6-12-20(21)25-31-22(27(36)33(25)28)14-15-24(34)29-17-19-11-8-16-37-19/h6-8,11-13,16,18,22-23H,2-5,9-10,14-15,17H2,1H3,(H,29,34)(H,30,35). The van der Waals surface area contributed by atoms with Gasteiger partial charge in [-0.3, -0.25) is 19.4 Å². The number of carbonyl (C=O) groups is 3. The van der Waals surface area contributed by atoms with Crippen LogP contribution in [0.3, 0.4) is 0 Å². The lowest BCUT2D eigenvalue weighted by molar-refractivity contribution is -0.125. The summed E-state index contributed by atoms with van der Waals surface area (Å²) in [6.45, 7) is 2.46. The second-order valence-electron chi connectivity index (χ2n) is 9.81. The van der Waals surface area contributed by atoms with Gasteiger partial charge in [-0.1, -0.05) is 56.1 Å². The molecule has 1 aromatic heterocycles. The molecule has 1 saturated carbocycles. The molecule has 2 atom stereocenters. The minimum absolute atomic E-state index is 0.00458. The molecule has 0 radical (unpaired) electrons. The van der Waals surface area contributed by atoms with E-state index in [4.69, 9.17) is 9.98 Å². The third-order valence-corrected chi connectivity index (χ3v) is 9.29. The Morgan fingerprint density at radius 2 is 1.97 bits per heavy atom. The van der Waals surface area contributed by atoms with E-state index in [0.717, 1.165) is 41.8 Å². The molecule has 2 aliphatic heterocycles. The number of benzene rings is 1. The van der Waals surface area contributed by atoms with Gasteiger partial charge >= 0.3 is 0 Å². The first-order valence-electron chi connectivity index (χ1n) is 13.4. The fraction of sp³-hybridized carbons (Fsp3) is 0.464. The third kappa shape index (κ3) is 6.02. The lowest BCUT2D eigenvalue weighted by Gasteiger charge is -2.29. The minimum atomic E-state index is -0.661. The SMILES string of the molecule is CCC(SC1=Nc2ccccc2C2=NC(CCC(=O)NCc3cccs3)C(=O)N12)C(=O)NC1CCCCC1. The van der Waals surface area contributed by atoms with Crippen LogP contribution >= 0.6 is 23.1 Å². The summed E-state index contributed by atoms with van der Waals surface area (Å²) < 4.78 is 0. The van der Waals surface area contributed by atoms with Gasteiger partial charge < -0.3 is 10.6 Å². The van der Waals surface area contributed by atoms with Crippen molar-refractivity contribution >= 4 is 57.5 Å². The summed E-state index contributed by atoms with van der Waals surface area (Å²) in [6.07, 6.45) is 6.69. The molecule has 0 saturated heterocycles. The maximum absolute atomic E-state index is 13.6. The second kappa shape index (κ2) is 12.3. The topological polar surface area (TPSA) is 103 Å². The third-order valence-electron chi connectivity index (χ3n) is 7.09. The summed E-state index contributed by atoms with van der Waals surface area (Å²) in [5.41, 5.74) is 1.52. The molecule has 0 spiro atoms. The van der Waals surface area contributed by atoms with Crippen LogP contribution in [0.1, 0.15) is 68.7 Å². The Bertz CT molecular complexity index is 1240. The fourth-order valence-corrected chi connectivity index (χ4v) is 6.69. The van der Waals surface area contributed by atoms with Gasteiger partial charge in [0.2, 0.25) is 11.8 Å². The number of aliphatic imine (C=N–C) groups is 2. The van der Waals surface area contributed by atoms with Gasteiger partial charge in [0.1, 0.15) is 11.9 Å². The Kier molecular flexibility index (Phi) is 8.58. The highest BCUT2D eigenvalue weighted by Crippen LogP contribution is 2.36. The number of hydrogen-bond acceptors (Lipinski definition) is 7. The van der Waals surface area contributed by atoms with Crippen LogP contribution in [-0.2, 0) is 20.9 Å². The molecule has 1 aromatic carbocycles. The van der Waals surface area contributed by atoms with Gasteiger partial charge in [0.15, 0.2) is 5.17 Å². The number of thiophene rings is 1. The molecule has 2 aromatic rings. The van der Waals surface area contributed by atoms with Crippen LogP contribution in [0.2, 0.25) is 0 Å². The zero-order valence-corrected chi connectivity index (χ0v) is 23.2. The Morgan fingerprint density at radius 3 is 2.74 bits per heavy atom. The Hall–Kier alpha value is -2.98. The number of fused-ring (bicyclic) bond motifs is 3. The van der Waals surface area contributed by atoms with E-state index in [-0.39, 0.29) is 35.4 Å². The zero-order chi connectivity index (χ0) is 26.5. The van der Waals surface area contributed by atoms with Crippen molar-refractivity contribution in [3.8, 4) is 0 Å². The van der Waals surface area contributed by atoms with Crippen LogP contribution in [0.25, 0.3) is 0 Å². The molecular weight excluding hydrogens is 518 g/mol. The number of nitrogens with one attached hydrogen (secondary N) is 2. The number of nitrogens with zero attached hydrogens (tertiary/aromatic N) is 3. The molecule has 38 heavy (non-hydrogen) atoms. The van der Waals surface area contributed by atoms with Gasteiger partial charge in [-0.2, -0.15) is 0 Å². The van der Waals surface area contributed by atoms with Crippen LogP contribution < -0.4 is 10.6 Å². The monoisotopic (exact) mass is 551 g/mol. The van der Waals surface area contributed by atoms with E-state index in [1.54, 1.807) is 16.2 Å². The summed E-state index contributed by atoms with van der Waals surface area (Å²) in [5, 5.41) is 8.22. The maximum Gasteiger partial charge on any atom is 0.259 e. The van der Waals surface area contributed by atoms with E-state index in [0.29, 0.717) is 30.4 Å². The second-order valence-corrected chi connectivity index (χ2v) is 12.0. The predicted molar refractivity (Wildman–Crippen MR) is 153 cm³/mol. The average Bonchev–Trinajstić information content (AvgIpc) is 3.58. The molecule has 5 rings (SSSR count). The number of amides is 3. The summed E-state index contributed by atoms with van der Waals surface area (Å²) >= 11 is 2.92. The number of amidine groups is 2. The number of rotatable bonds is 9. The van der Waals surface area contributed by atoms with Crippen LogP contribution in [-0.4, -0.2) is 51.0 Å². The fourth-order valence-electron chi connectivity index (χ4n) is 5.01. The number of carbonyl (C=O) groups excluding carboxylic acids is 3. The number of para-hydroxylation sites is 1. The van der Waals surface area contributed by atoms with E-state index in [1.165, 1.54) is 18.2 Å².